The second-order valence-electron chi connectivity index (χ2n) is 3.53. The van der Waals surface area contributed by atoms with Crippen molar-refractivity contribution in [3.8, 4) is 11.8 Å². The molecule has 0 spiro atoms. The molecule has 2 rings (SSSR count). The van der Waals surface area contributed by atoms with E-state index in [1.165, 1.54) is 23.7 Å². The fourth-order valence-corrected chi connectivity index (χ4v) is 1.88. The fraction of sp³-hybridized carbons (Fsp3) is 0.167. The van der Waals surface area contributed by atoms with Crippen LogP contribution in [0.1, 0.15) is 21.1 Å². The van der Waals surface area contributed by atoms with Crippen LogP contribution < -0.4 is 11.1 Å². The van der Waals surface area contributed by atoms with Gasteiger partial charge < -0.3 is 5.73 Å². The molecule has 0 aliphatic rings. The summed E-state index contributed by atoms with van der Waals surface area (Å²) in [5, 5.41) is 3.11. The summed E-state index contributed by atoms with van der Waals surface area (Å²) in [5.74, 6) is 5.22. The zero-order valence-corrected chi connectivity index (χ0v) is 11.0. The molecule has 0 radical (unpaired) electrons. The minimum Gasteiger partial charge on any atom is -0.320 e. The minimum atomic E-state index is -0.347. The molecule has 1 amide bonds. The monoisotopic (exact) mass is 273 g/mol. The van der Waals surface area contributed by atoms with E-state index in [-0.39, 0.29) is 11.6 Å². The number of anilines is 1. The highest BCUT2D eigenvalue weighted by molar-refractivity contribution is 7.16. The standard InChI is InChI=1S/C12H11N5OS/c1-8-5-15-10(7-14-8)11(18)17-12-16-6-9(19-12)3-2-4-13/h5-7H,4,13H2,1H3,(H,16,17,18). The normalized spacial score (nSPS) is 9.58. The molecular weight excluding hydrogens is 262 g/mol. The Labute approximate surface area is 114 Å². The second kappa shape index (κ2) is 6.04. The van der Waals surface area contributed by atoms with E-state index >= 15 is 0 Å². The highest BCUT2D eigenvalue weighted by Gasteiger charge is 2.10. The maximum Gasteiger partial charge on any atom is 0.277 e. The lowest BCUT2D eigenvalue weighted by atomic mass is 10.4. The zero-order valence-electron chi connectivity index (χ0n) is 10.2. The predicted octanol–water partition coefficient (Wildman–Crippen LogP) is 0.804. The van der Waals surface area contributed by atoms with Crippen molar-refractivity contribution in [1.82, 2.24) is 15.0 Å². The van der Waals surface area contributed by atoms with Crippen LogP contribution in [0.3, 0.4) is 0 Å². The van der Waals surface area contributed by atoms with Crippen LogP contribution in [0.5, 0.6) is 0 Å². The SMILES string of the molecule is Cc1cnc(C(=O)Nc2ncc(C#CCN)s2)cn1. The number of nitrogens with one attached hydrogen (secondary N) is 1. The van der Waals surface area contributed by atoms with Crippen LogP contribution in [-0.2, 0) is 0 Å². The van der Waals surface area contributed by atoms with Gasteiger partial charge in [0.25, 0.3) is 5.91 Å². The summed E-state index contributed by atoms with van der Waals surface area (Å²) in [6.07, 6.45) is 4.55. The van der Waals surface area contributed by atoms with Crippen molar-refractivity contribution in [1.29, 1.82) is 0 Å². The van der Waals surface area contributed by atoms with Gasteiger partial charge in [0.2, 0.25) is 0 Å². The van der Waals surface area contributed by atoms with E-state index in [2.05, 4.69) is 32.1 Å². The highest BCUT2D eigenvalue weighted by atomic mass is 32.1. The molecule has 96 valence electrons. The summed E-state index contributed by atoms with van der Waals surface area (Å²) in [4.78, 5) is 24.6. The highest BCUT2D eigenvalue weighted by Crippen LogP contribution is 2.17. The van der Waals surface area contributed by atoms with Gasteiger partial charge in [-0.2, -0.15) is 0 Å². The lowest BCUT2D eigenvalue weighted by Gasteiger charge is -2.00. The molecule has 0 atom stereocenters. The van der Waals surface area contributed by atoms with Crippen LogP contribution in [-0.4, -0.2) is 27.4 Å². The van der Waals surface area contributed by atoms with E-state index < -0.39 is 0 Å². The first-order valence-corrected chi connectivity index (χ1v) is 6.25. The lowest BCUT2D eigenvalue weighted by molar-refractivity contribution is 0.102. The van der Waals surface area contributed by atoms with E-state index in [1.54, 1.807) is 13.1 Å². The Kier molecular flexibility index (Phi) is 4.18. The molecule has 7 heteroatoms. The number of hydrogen-bond donors (Lipinski definition) is 2. The number of nitrogens with two attached hydrogens (primary N) is 1. The molecule has 0 aliphatic carbocycles. The van der Waals surface area contributed by atoms with E-state index in [4.69, 9.17) is 5.73 Å². The van der Waals surface area contributed by atoms with Crippen molar-refractivity contribution in [2.45, 2.75) is 6.92 Å². The number of thiazole rings is 1. The van der Waals surface area contributed by atoms with Crippen molar-refractivity contribution < 1.29 is 4.79 Å². The number of aryl methyl sites for hydroxylation is 1. The zero-order chi connectivity index (χ0) is 13.7. The van der Waals surface area contributed by atoms with Gasteiger partial charge in [-0.05, 0) is 6.92 Å². The Balaban J connectivity index is 2.06. The quantitative estimate of drug-likeness (QED) is 0.789. The second-order valence-corrected chi connectivity index (χ2v) is 4.56. The molecule has 0 saturated carbocycles. The molecule has 0 aliphatic heterocycles. The van der Waals surface area contributed by atoms with Crippen molar-refractivity contribution in [2.24, 2.45) is 5.73 Å². The van der Waals surface area contributed by atoms with E-state index in [9.17, 15) is 4.79 Å². The van der Waals surface area contributed by atoms with Gasteiger partial charge in [-0.1, -0.05) is 23.2 Å². The van der Waals surface area contributed by atoms with Crippen LogP contribution in [0.2, 0.25) is 0 Å². The Morgan fingerprint density at radius 3 is 2.89 bits per heavy atom. The van der Waals surface area contributed by atoms with Crippen molar-refractivity contribution in [3.05, 3.63) is 34.9 Å². The minimum absolute atomic E-state index is 0.246. The van der Waals surface area contributed by atoms with Gasteiger partial charge in [-0.3, -0.25) is 15.1 Å². The smallest absolute Gasteiger partial charge is 0.277 e. The molecule has 19 heavy (non-hydrogen) atoms. The number of nitrogens with zero attached hydrogens (tertiary/aromatic N) is 3. The van der Waals surface area contributed by atoms with Crippen LogP contribution in [0, 0.1) is 18.8 Å². The average Bonchev–Trinajstić information content (AvgIpc) is 2.84. The molecule has 0 fully saturated rings. The van der Waals surface area contributed by atoms with Crippen molar-refractivity contribution in [2.75, 3.05) is 11.9 Å². The van der Waals surface area contributed by atoms with Gasteiger partial charge in [0.15, 0.2) is 5.13 Å². The first kappa shape index (κ1) is 13.1. The Bertz CT molecular complexity index is 638. The van der Waals surface area contributed by atoms with E-state index in [0.717, 1.165) is 10.6 Å². The third-order valence-corrected chi connectivity index (χ3v) is 2.88. The summed E-state index contributed by atoms with van der Waals surface area (Å²) >= 11 is 1.28. The summed E-state index contributed by atoms with van der Waals surface area (Å²) in [7, 11) is 0. The van der Waals surface area contributed by atoms with Gasteiger partial charge in [-0.15, -0.1) is 0 Å². The number of hydrogen-bond acceptors (Lipinski definition) is 6. The number of carbonyl (C=O) groups is 1. The topological polar surface area (TPSA) is 93.8 Å². The van der Waals surface area contributed by atoms with Crippen LogP contribution in [0.15, 0.2) is 18.6 Å². The average molecular weight is 273 g/mol. The molecule has 0 unspecified atom stereocenters. The Hall–Kier alpha value is -2.30. The van der Waals surface area contributed by atoms with Crippen LogP contribution in [0.4, 0.5) is 5.13 Å². The summed E-state index contributed by atoms with van der Waals surface area (Å²) in [6, 6.07) is 0. The Morgan fingerprint density at radius 1 is 1.37 bits per heavy atom. The first-order valence-electron chi connectivity index (χ1n) is 5.44. The van der Waals surface area contributed by atoms with E-state index in [1.807, 2.05) is 0 Å². The van der Waals surface area contributed by atoms with Gasteiger partial charge in [0.05, 0.1) is 29.5 Å². The summed E-state index contributed by atoms with van der Waals surface area (Å²) < 4.78 is 0. The molecule has 6 nitrogen and oxygen atoms in total. The lowest BCUT2D eigenvalue weighted by Crippen LogP contribution is -2.13. The summed E-state index contributed by atoms with van der Waals surface area (Å²) in [5.41, 5.74) is 6.28. The van der Waals surface area contributed by atoms with Crippen LogP contribution in [0.25, 0.3) is 0 Å². The van der Waals surface area contributed by atoms with Crippen molar-refractivity contribution in [3.63, 3.8) is 0 Å². The fourth-order valence-electron chi connectivity index (χ4n) is 1.20. The number of carbonyl (C=O) groups excluding carboxylic acids is 1. The van der Waals surface area contributed by atoms with Gasteiger partial charge >= 0.3 is 0 Å². The number of amides is 1. The number of aromatic nitrogens is 3. The van der Waals surface area contributed by atoms with Gasteiger partial charge in [-0.25, -0.2) is 9.97 Å². The van der Waals surface area contributed by atoms with Crippen LogP contribution >= 0.6 is 11.3 Å². The largest absolute Gasteiger partial charge is 0.320 e. The molecule has 3 N–H and O–H groups in total. The molecule has 2 aromatic rings. The van der Waals surface area contributed by atoms with Gasteiger partial charge in [0, 0.05) is 6.20 Å². The third-order valence-electron chi connectivity index (χ3n) is 2.05. The maximum atomic E-state index is 11.8. The van der Waals surface area contributed by atoms with Crippen molar-refractivity contribution >= 4 is 22.4 Å². The summed E-state index contributed by atoms with van der Waals surface area (Å²) in [6.45, 7) is 2.09. The molecule has 2 heterocycles. The first-order chi connectivity index (χ1) is 9.19. The van der Waals surface area contributed by atoms with Gasteiger partial charge in [0.1, 0.15) is 5.69 Å². The molecule has 0 aromatic carbocycles. The molecule has 0 saturated heterocycles. The molecule has 2 aromatic heterocycles. The molecule has 0 bridgehead atoms. The predicted molar refractivity (Wildman–Crippen MR) is 72.8 cm³/mol. The maximum absolute atomic E-state index is 11.8. The van der Waals surface area contributed by atoms with E-state index in [0.29, 0.717) is 11.7 Å². The number of rotatable bonds is 2. The molecular formula is C12H11N5OS. The Morgan fingerprint density at radius 2 is 2.21 bits per heavy atom. The third kappa shape index (κ3) is 3.58.